The fourth-order valence-corrected chi connectivity index (χ4v) is 4.01. The number of nitrogens with one attached hydrogen (secondary N) is 1. The maximum atomic E-state index is 6.03. The molecular weight excluding hydrogens is 402 g/mol. The van der Waals surface area contributed by atoms with E-state index in [1.165, 1.54) is 31.2 Å². The lowest BCUT2D eigenvalue weighted by Gasteiger charge is -2.16. The molecule has 1 aliphatic rings. The van der Waals surface area contributed by atoms with E-state index in [1.54, 1.807) is 7.11 Å². The first-order chi connectivity index (χ1) is 12.2. The third-order valence-corrected chi connectivity index (χ3v) is 5.34. The van der Waals surface area contributed by atoms with Crippen molar-refractivity contribution in [1.29, 1.82) is 0 Å². The van der Waals surface area contributed by atoms with Crippen LogP contribution >= 0.6 is 27.5 Å². The molecule has 0 spiro atoms. The average molecular weight is 425 g/mol. The highest BCUT2D eigenvalue weighted by Crippen LogP contribution is 2.37. The Labute approximate surface area is 162 Å². The summed E-state index contributed by atoms with van der Waals surface area (Å²) in [7, 11) is 1.67. The van der Waals surface area contributed by atoms with Gasteiger partial charge in [-0.2, -0.15) is 0 Å². The maximum Gasteiger partial charge on any atom is 0.175 e. The second-order valence-electron chi connectivity index (χ2n) is 6.39. The molecule has 25 heavy (non-hydrogen) atoms. The van der Waals surface area contributed by atoms with E-state index < -0.39 is 0 Å². The van der Waals surface area contributed by atoms with Crippen molar-refractivity contribution >= 4 is 27.5 Å². The van der Waals surface area contributed by atoms with Crippen LogP contribution in [0.5, 0.6) is 11.5 Å². The molecule has 0 aromatic heterocycles. The number of hydrogen-bond acceptors (Lipinski definition) is 3. The summed E-state index contributed by atoms with van der Waals surface area (Å²) in [6, 6.07) is 12.5. The topological polar surface area (TPSA) is 30.5 Å². The third kappa shape index (κ3) is 5.13. The summed E-state index contributed by atoms with van der Waals surface area (Å²) < 4.78 is 12.4. The van der Waals surface area contributed by atoms with E-state index in [0.29, 0.717) is 23.4 Å². The summed E-state index contributed by atoms with van der Waals surface area (Å²) in [5.41, 5.74) is 2.21. The number of methoxy groups -OCH3 is 1. The summed E-state index contributed by atoms with van der Waals surface area (Å²) in [6.45, 7) is 1.28. The van der Waals surface area contributed by atoms with Gasteiger partial charge in [0, 0.05) is 17.6 Å². The van der Waals surface area contributed by atoms with Gasteiger partial charge in [0.15, 0.2) is 11.5 Å². The normalized spacial score (nSPS) is 14.7. The molecule has 2 aromatic carbocycles. The zero-order chi connectivity index (χ0) is 17.6. The number of hydrogen-bond donors (Lipinski definition) is 1. The molecule has 1 aliphatic carbocycles. The van der Waals surface area contributed by atoms with Gasteiger partial charge in [-0.25, -0.2) is 0 Å². The molecule has 3 nitrogen and oxygen atoms in total. The molecule has 0 aliphatic heterocycles. The molecule has 5 heteroatoms. The highest BCUT2D eigenvalue weighted by atomic mass is 79.9. The first-order valence-electron chi connectivity index (χ1n) is 8.63. The van der Waals surface area contributed by atoms with Crippen LogP contribution in [0.25, 0.3) is 0 Å². The molecule has 0 amide bonds. The zero-order valence-corrected chi connectivity index (χ0v) is 16.7. The van der Waals surface area contributed by atoms with E-state index in [4.69, 9.17) is 21.1 Å². The van der Waals surface area contributed by atoms with Gasteiger partial charge >= 0.3 is 0 Å². The van der Waals surface area contributed by atoms with Crippen molar-refractivity contribution in [2.24, 2.45) is 0 Å². The van der Waals surface area contributed by atoms with Gasteiger partial charge in [0.25, 0.3) is 0 Å². The smallest absolute Gasteiger partial charge is 0.175 e. The SMILES string of the molecule is COc1cc(CNC2CCCC2)cc(Br)c1OCc1cccc(Cl)c1. The second-order valence-corrected chi connectivity index (χ2v) is 7.68. The standard InChI is InChI=1S/C20H23BrClNO2/c1-24-19-11-15(12-23-17-7-2-3-8-17)10-18(21)20(19)25-13-14-5-4-6-16(22)9-14/h4-6,9-11,17,23H,2-3,7-8,12-13H2,1H3. The molecule has 1 N–H and O–H groups in total. The highest BCUT2D eigenvalue weighted by molar-refractivity contribution is 9.10. The highest BCUT2D eigenvalue weighted by Gasteiger charge is 2.16. The third-order valence-electron chi connectivity index (χ3n) is 4.51. The Morgan fingerprint density at radius 2 is 1.96 bits per heavy atom. The quantitative estimate of drug-likeness (QED) is 0.616. The van der Waals surface area contributed by atoms with Gasteiger partial charge in [-0.1, -0.05) is 36.6 Å². The first kappa shape index (κ1) is 18.6. The van der Waals surface area contributed by atoms with Crippen LogP contribution in [0.3, 0.4) is 0 Å². The Morgan fingerprint density at radius 1 is 1.16 bits per heavy atom. The second kappa shape index (κ2) is 8.93. The van der Waals surface area contributed by atoms with Gasteiger partial charge in [-0.05, 0) is 64.2 Å². The van der Waals surface area contributed by atoms with Crippen LogP contribution in [0, 0.1) is 0 Å². The summed E-state index contributed by atoms with van der Waals surface area (Å²) in [5.74, 6) is 1.45. The van der Waals surface area contributed by atoms with Crippen LogP contribution in [-0.4, -0.2) is 13.2 Å². The van der Waals surface area contributed by atoms with Gasteiger partial charge in [-0.3, -0.25) is 0 Å². The van der Waals surface area contributed by atoms with E-state index in [9.17, 15) is 0 Å². The minimum Gasteiger partial charge on any atom is -0.493 e. The largest absolute Gasteiger partial charge is 0.493 e. The van der Waals surface area contributed by atoms with Crippen LogP contribution in [0.1, 0.15) is 36.8 Å². The van der Waals surface area contributed by atoms with Crippen molar-refractivity contribution in [1.82, 2.24) is 5.32 Å². The summed E-state index contributed by atoms with van der Waals surface area (Å²) in [4.78, 5) is 0. The molecule has 0 unspecified atom stereocenters. The molecule has 134 valence electrons. The van der Waals surface area contributed by atoms with E-state index in [2.05, 4.69) is 27.3 Å². The molecule has 0 atom stereocenters. The summed E-state index contributed by atoms with van der Waals surface area (Å²) >= 11 is 9.65. The molecule has 1 fully saturated rings. The Bertz CT molecular complexity index is 717. The number of benzene rings is 2. The number of ether oxygens (including phenoxy) is 2. The maximum absolute atomic E-state index is 6.03. The van der Waals surface area contributed by atoms with Crippen LogP contribution in [0.4, 0.5) is 0 Å². The van der Waals surface area contributed by atoms with Crippen molar-refractivity contribution in [2.75, 3.05) is 7.11 Å². The summed E-state index contributed by atoms with van der Waals surface area (Å²) in [6.07, 6.45) is 5.22. The number of rotatable bonds is 7. The fraction of sp³-hybridized carbons (Fsp3) is 0.400. The molecule has 0 radical (unpaired) electrons. The van der Waals surface area contributed by atoms with Crippen molar-refractivity contribution in [3.05, 3.63) is 57.0 Å². The number of halogens is 2. The van der Waals surface area contributed by atoms with Crippen molar-refractivity contribution < 1.29 is 9.47 Å². The minimum atomic E-state index is 0.440. The average Bonchev–Trinajstić information content (AvgIpc) is 3.12. The Hall–Kier alpha value is -1.23. The van der Waals surface area contributed by atoms with Crippen LogP contribution in [0.2, 0.25) is 5.02 Å². The molecule has 1 saturated carbocycles. The monoisotopic (exact) mass is 423 g/mol. The predicted octanol–water partition coefficient (Wildman–Crippen LogP) is 5.72. The molecule has 3 rings (SSSR count). The molecular formula is C20H23BrClNO2. The lowest BCUT2D eigenvalue weighted by Crippen LogP contribution is -2.25. The van der Waals surface area contributed by atoms with Gasteiger partial charge in [0.1, 0.15) is 6.61 Å². The van der Waals surface area contributed by atoms with Crippen LogP contribution in [0.15, 0.2) is 40.9 Å². The van der Waals surface area contributed by atoms with Gasteiger partial charge in [0.05, 0.1) is 11.6 Å². The lowest BCUT2D eigenvalue weighted by atomic mass is 10.1. The summed E-state index contributed by atoms with van der Waals surface area (Å²) in [5, 5.41) is 4.34. The zero-order valence-electron chi connectivity index (χ0n) is 14.4. The van der Waals surface area contributed by atoms with Gasteiger partial charge in [0.2, 0.25) is 0 Å². The van der Waals surface area contributed by atoms with Crippen molar-refractivity contribution in [3.63, 3.8) is 0 Å². The first-order valence-corrected chi connectivity index (χ1v) is 9.80. The van der Waals surface area contributed by atoms with Gasteiger partial charge < -0.3 is 14.8 Å². The molecule has 0 heterocycles. The van der Waals surface area contributed by atoms with Crippen molar-refractivity contribution in [2.45, 2.75) is 44.9 Å². The van der Waals surface area contributed by atoms with Gasteiger partial charge in [-0.15, -0.1) is 0 Å². The molecule has 0 saturated heterocycles. The predicted molar refractivity (Wildman–Crippen MR) is 106 cm³/mol. The Balaban J connectivity index is 1.68. The van der Waals surface area contributed by atoms with Crippen LogP contribution in [-0.2, 0) is 13.2 Å². The van der Waals surface area contributed by atoms with Crippen LogP contribution < -0.4 is 14.8 Å². The van der Waals surface area contributed by atoms with E-state index in [1.807, 2.05) is 30.3 Å². The van der Waals surface area contributed by atoms with E-state index in [-0.39, 0.29) is 0 Å². The lowest BCUT2D eigenvalue weighted by molar-refractivity contribution is 0.282. The van der Waals surface area contributed by atoms with E-state index >= 15 is 0 Å². The Morgan fingerprint density at radius 3 is 2.68 bits per heavy atom. The molecule has 0 bridgehead atoms. The van der Waals surface area contributed by atoms with Crippen molar-refractivity contribution in [3.8, 4) is 11.5 Å². The van der Waals surface area contributed by atoms with E-state index in [0.717, 1.165) is 22.3 Å². The fourth-order valence-electron chi connectivity index (χ4n) is 3.19. The molecule has 2 aromatic rings. The Kier molecular flexibility index (Phi) is 6.63. The minimum absolute atomic E-state index is 0.440.